The summed E-state index contributed by atoms with van der Waals surface area (Å²) in [5.74, 6) is 2.76. The minimum Gasteiger partial charge on any atom is -0.488 e. The van der Waals surface area contributed by atoms with Crippen LogP contribution in [-0.4, -0.2) is 31.7 Å². The van der Waals surface area contributed by atoms with Gasteiger partial charge in [-0.25, -0.2) is 0 Å². The molecule has 0 spiro atoms. The zero-order chi connectivity index (χ0) is 14.7. The van der Waals surface area contributed by atoms with E-state index in [4.69, 9.17) is 4.74 Å². The fraction of sp³-hybridized carbons (Fsp3) is 0.588. The minimum absolute atomic E-state index is 0.201. The molecule has 114 valence electrons. The number of nitrogens with one attached hydrogen (secondary N) is 2. The summed E-state index contributed by atoms with van der Waals surface area (Å²) in [6.07, 6.45) is 5.03. The smallest absolute Gasteiger partial charge is 0.191 e. The van der Waals surface area contributed by atoms with E-state index in [1.165, 1.54) is 24.8 Å². The first-order valence-electron chi connectivity index (χ1n) is 8.02. The second kappa shape index (κ2) is 6.37. The summed E-state index contributed by atoms with van der Waals surface area (Å²) < 4.78 is 5.94. The minimum atomic E-state index is 0.201. The van der Waals surface area contributed by atoms with Crippen molar-refractivity contribution < 1.29 is 4.74 Å². The molecule has 0 radical (unpaired) electrons. The fourth-order valence-corrected chi connectivity index (χ4v) is 3.06. The Morgan fingerprint density at radius 3 is 3.00 bits per heavy atom. The molecule has 1 fully saturated rings. The van der Waals surface area contributed by atoms with Crippen LogP contribution in [0.5, 0.6) is 5.75 Å². The van der Waals surface area contributed by atoms with E-state index < -0.39 is 0 Å². The molecule has 2 N–H and O–H groups in total. The highest BCUT2D eigenvalue weighted by Gasteiger charge is 2.36. The van der Waals surface area contributed by atoms with Gasteiger partial charge in [0, 0.05) is 19.5 Å². The fourth-order valence-electron chi connectivity index (χ4n) is 3.06. The van der Waals surface area contributed by atoms with Gasteiger partial charge in [0.05, 0.1) is 6.54 Å². The number of hydrogen-bond acceptors (Lipinski definition) is 2. The van der Waals surface area contributed by atoms with Gasteiger partial charge in [0.15, 0.2) is 5.96 Å². The van der Waals surface area contributed by atoms with Gasteiger partial charge in [0.1, 0.15) is 11.9 Å². The highest BCUT2D eigenvalue weighted by Crippen LogP contribution is 2.34. The monoisotopic (exact) mass is 287 g/mol. The molecule has 1 saturated carbocycles. The maximum absolute atomic E-state index is 5.94. The van der Waals surface area contributed by atoms with E-state index >= 15 is 0 Å². The first kappa shape index (κ1) is 14.2. The van der Waals surface area contributed by atoms with E-state index in [-0.39, 0.29) is 6.10 Å². The average molecular weight is 287 g/mol. The molecule has 0 bridgehead atoms. The van der Waals surface area contributed by atoms with Gasteiger partial charge in [-0.15, -0.1) is 0 Å². The molecule has 1 aliphatic carbocycles. The summed E-state index contributed by atoms with van der Waals surface area (Å²) in [6.45, 7) is 3.04. The van der Waals surface area contributed by atoms with Crippen LogP contribution >= 0.6 is 0 Å². The highest BCUT2D eigenvalue weighted by atomic mass is 16.5. The van der Waals surface area contributed by atoms with Crippen LogP contribution < -0.4 is 15.4 Å². The first-order chi connectivity index (χ1) is 10.3. The molecule has 0 amide bonds. The number of guanidine groups is 1. The van der Waals surface area contributed by atoms with E-state index in [0.29, 0.717) is 6.04 Å². The molecular formula is C17H25N3O. The molecule has 4 heteroatoms. The normalized spacial score (nSPS) is 27.0. The summed E-state index contributed by atoms with van der Waals surface area (Å²) >= 11 is 0. The molecule has 3 atom stereocenters. The highest BCUT2D eigenvalue weighted by molar-refractivity contribution is 5.80. The standard InChI is InChI=1S/C17H25N3O/c1-3-6-12-10-15(12)20-17(18-2)19-11-14-9-13-7-4-5-8-16(13)21-14/h4-5,7-8,12,14-15H,3,6,9-11H2,1-2H3,(H2,18,19,20). The van der Waals surface area contributed by atoms with Gasteiger partial charge in [-0.2, -0.15) is 0 Å². The zero-order valence-corrected chi connectivity index (χ0v) is 12.9. The second-order valence-electron chi connectivity index (χ2n) is 6.04. The van der Waals surface area contributed by atoms with Gasteiger partial charge >= 0.3 is 0 Å². The number of hydrogen-bond donors (Lipinski definition) is 2. The quantitative estimate of drug-likeness (QED) is 0.645. The Balaban J connectivity index is 1.43. The number of fused-ring (bicyclic) bond motifs is 1. The Morgan fingerprint density at radius 1 is 1.38 bits per heavy atom. The predicted molar refractivity (Wildman–Crippen MR) is 85.9 cm³/mol. The van der Waals surface area contributed by atoms with E-state index in [1.54, 1.807) is 0 Å². The predicted octanol–water partition coefficient (Wildman–Crippen LogP) is 2.34. The Bertz CT molecular complexity index is 490. The lowest BCUT2D eigenvalue weighted by Gasteiger charge is -2.15. The van der Waals surface area contributed by atoms with Crippen LogP contribution in [0.3, 0.4) is 0 Å². The van der Waals surface area contributed by atoms with Crippen molar-refractivity contribution in [3.8, 4) is 5.75 Å². The summed E-state index contributed by atoms with van der Waals surface area (Å²) in [6, 6.07) is 8.89. The summed E-state index contributed by atoms with van der Waals surface area (Å²) in [7, 11) is 1.83. The number of benzene rings is 1. The van der Waals surface area contributed by atoms with Crippen molar-refractivity contribution in [3.63, 3.8) is 0 Å². The molecule has 3 rings (SSSR count). The van der Waals surface area contributed by atoms with Crippen molar-refractivity contribution in [3.05, 3.63) is 29.8 Å². The Labute approximate surface area is 127 Å². The van der Waals surface area contributed by atoms with E-state index in [0.717, 1.165) is 30.6 Å². The lowest BCUT2D eigenvalue weighted by atomic mass is 10.1. The van der Waals surface area contributed by atoms with Crippen LogP contribution in [0, 0.1) is 5.92 Å². The Morgan fingerprint density at radius 2 is 2.24 bits per heavy atom. The van der Waals surface area contributed by atoms with Gasteiger partial charge in [0.25, 0.3) is 0 Å². The lowest BCUT2D eigenvalue weighted by Crippen LogP contribution is -2.43. The van der Waals surface area contributed by atoms with Gasteiger partial charge < -0.3 is 15.4 Å². The van der Waals surface area contributed by atoms with Crippen LogP contribution in [0.1, 0.15) is 31.7 Å². The summed E-state index contributed by atoms with van der Waals surface area (Å²) in [5.41, 5.74) is 1.30. The SMILES string of the molecule is CCCC1CC1NC(=NC)NCC1Cc2ccccc2O1. The molecule has 21 heavy (non-hydrogen) atoms. The van der Waals surface area contributed by atoms with E-state index in [1.807, 2.05) is 19.2 Å². The maximum atomic E-state index is 5.94. The molecule has 4 nitrogen and oxygen atoms in total. The zero-order valence-electron chi connectivity index (χ0n) is 12.9. The van der Waals surface area contributed by atoms with E-state index in [2.05, 4.69) is 34.7 Å². The third-order valence-electron chi connectivity index (χ3n) is 4.34. The number of para-hydroxylation sites is 1. The van der Waals surface area contributed by atoms with Crippen LogP contribution in [0.2, 0.25) is 0 Å². The second-order valence-corrected chi connectivity index (χ2v) is 6.04. The van der Waals surface area contributed by atoms with Crippen LogP contribution in [0.15, 0.2) is 29.3 Å². The third-order valence-corrected chi connectivity index (χ3v) is 4.34. The molecule has 1 aliphatic heterocycles. The van der Waals surface area contributed by atoms with Crippen LogP contribution in [0.4, 0.5) is 0 Å². The summed E-state index contributed by atoms with van der Waals surface area (Å²) in [4.78, 5) is 4.31. The number of nitrogens with zero attached hydrogens (tertiary/aromatic N) is 1. The molecule has 0 aromatic heterocycles. The van der Waals surface area contributed by atoms with Crippen molar-refractivity contribution >= 4 is 5.96 Å². The van der Waals surface area contributed by atoms with Crippen molar-refractivity contribution in [2.75, 3.05) is 13.6 Å². The lowest BCUT2D eigenvalue weighted by molar-refractivity contribution is 0.235. The number of ether oxygens (including phenoxy) is 1. The molecule has 0 saturated heterocycles. The van der Waals surface area contributed by atoms with Crippen LogP contribution in [-0.2, 0) is 6.42 Å². The van der Waals surface area contributed by atoms with Crippen LogP contribution in [0.25, 0.3) is 0 Å². The molecular weight excluding hydrogens is 262 g/mol. The number of rotatable bonds is 5. The molecule has 2 aliphatic rings. The van der Waals surface area contributed by atoms with E-state index in [9.17, 15) is 0 Å². The van der Waals surface area contributed by atoms with Crippen molar-refractivity contribution in [1.82, 2.24) is 10.6 Å². The Hall–Kier alpha value is -1.71. The van der Waals surface area contributed by atoms with Crippen molar-refractivity contribution in [1.29, 1.82) is 0 Å². The van der Waals surface area contributed by atoms with Crippen molar-refractivity contribution in [2.24, 2.45) is 10.9 Å². The summed E-state index contributed by atoms with van der Waals surface area (Å²) in [5, 5.41) is 6.90. The molecule has 1 heterocycles. The van der Waals surface area contributed by atoms with Gasteiger partial charge in [-0.1, -0.05) is 31.5 Å². The van der Waals surface area contributed by atoms with Gasteiger partial charge in [-0.05, 0) is 30.4 Å². The van der Waals surface area contributed by atoms with Gasteiger partial charge in [0.2, 0.25) is 0 Å². The van der Waals surface area contributed by atoms with Gasteiger partial charge in [-0.3, -0.25) is 4.99 Å². The largest absolute Gasteiger partial charge is 0.488 e. The molecule has 1 aromatic rings. The maximum Gasteiger partial charge on any atom is 0.191 e. The molecule has 1 aromatic carbocycles. The van der Waals surface area contributed by atoms with Crippen molar-refractivity contribution in [2.45, 2.75) is 44.8 Å². The average Bonchev–Trinajstić information content (AvgIpc) is 3.09. The Kier molecular flexibility index (Phi) is 4.32. The number of aliphatic imine (C=N–C) groups is 1. The molecule has 3 unspecified atom stereocenters. The first-order valence-corrected chi connectivity index (χ1v) is 8.02. The topological polar surface area (TPSA) is 45.7 Å². The third kappa shape index (κ3) is 3.49.